The van der Waals surface area contributed by atoms with Gasteiger partial charge in [0.1, 0.15) is 18.2 Å². The fourth-order valence-electron chi connectivity index (χ4n) is 5.26. The monoisotopic (exact) mass is 571 g/mol. The molecule has 0 unspecified atom stereocenters. The van der Waals surface area contributed by atoms with Gasteiger partial charge in [0.2, 0.25) is 5.91 Å². The Hall–Kier alpha value is -2.12. The van der Waals surface area contributed by atoms with Crippen molar-refractivity contribution in [2.24, 2.45) is 0 Å². The van der Waals surface area contributed by atoms with Crippen LogP contribution in [0.2, 0.25) is 24.7 Å². The van der Waals surface area contributed by atoms with E-state index in [0.717, 1.165) is 10.4 Å². The second kappa shape index (κ2) is 13.0. The molecule has 1 fully saturated rings. The van der Waals surface area contributed by atoms with Gasteiger partial charge in [0.25, 0.3) is 8.32 Å². The largest absolute Gasteiger partial charge is 0.410 e. The minimum atomic E-state index is -2.87. The van der Waals surface area contributed by atoms with Crippen molar-refractivity contribution in [3.63, 3.8) is 0 Å². The van der Waals surface area contributed by atoms with Gasteiger partial charge in [0, 0.05) is 6.92 Å². The second-order valence-corrected chi connectivity index (χ2v) is 20.8. The third-order valence-corrected chi connectivity index (χ3v) is 12.8. The number of benzene rings is 2. The van der Waals surface area contributed by atoms with Crippen molar-refractivity contribution in [3.05, 3.63) is 73.3 Å². The van der Waals surface area contributed by atoms with Gasteiger partial charge < -0.3 is 28.7 Å². The number of aliphatic hydroxyl groups excluding tert-OH is 1. The Labute approximate surface area is 235 Å². The van der Waals surface area contributed by atoms with Crippen LogP contribution >= 0.6 is 0 Å². The molecule has 1 aliphatic heterocycles. The predicted octanol–water partition coefficient (Wildman–Crippen LogP) is 3.58. The van der Waals surface area contributed by atoms with E-state index in [-0.39, 0.29) is 24.2 Å². The Morgan fingerprint density at radius 1 is 1.05 bits per heavy atom. The number of nitrogens with one attached hydrogen (secondary N) is 1. The lowest BCUT2D eigenvalue weighted by molar-refractivity contribution is -0.263. The highest BCUT2D eigenvalue weighted by Gasteiger charge is 2.53. The number of rotatable bonds is 11. The lowest BCUT2D eigenvalue weighted by Gasteiger charge is -2.48. The molecule has 0 spiro atoms. The van der Waals surface area contributed by atoms with Crippen molar-refractivity contribution in [3.8, 4) is 0 Å². The van der Waals surface area contributed by atoms with Gasteiger partial charge in [0.15, 0.2) is 14.6 Å². The molecule has 0 aromatic heterocycles. The zero-order valence-corrected chi connectivity index (χ0v) is 26.3. The highest BCUT2D eigenvalue weighted by molar-refractivity contribution is 6.99. The molecule has 0 bridgehead atoms. The zero-order chi connectivity index (χ0) is 28.8. The van der Waals surface area contributed by atoms with Crippen molar-refractivity contribution in [1.82, 2.24) is 5.32 Å². The van der Waals surface area contributed by atoms with Crippen LogP contribution in [-0.4, -0.2) is 71.5 Å². The van der Waals surface area contributed by atoms with Crippen LogP contribution < -0.4 is 15.7 Å². The van der Waals surface area contributed by atoms with Crippen molar-refractivity contribution in [2.45, 2.75) is 83.0 Å². The van der Waals surface area contributed by atoms with Gasteiger partial charge in [-0.1, -0.05) is 87.5 Å². The van der Waals surface area contributed by atoms with Crippen molar-refractivity contribution in [1.29, 1.82) is 0 Å². The summed E-state index contributed by atoms with van der Waals surface area (Å²) < 4.78 is 25.8. The molecule has 214 valence electrons. The lowest BCUT2D eigenvalue weighted by Crippen LogP contribution is -2.70. The molecule has 9 heteroatoms. The molecular weight excluding hydrogens is 527 g/mol. The number of amides is 1. The topological polar surface area (TPSA) is 86.2 Å². The number of hydrogen-bond acceptors (Lipinski definition) is 6. The fourth-order valence-corrected chi connectivity index (χ4v) is 10.9. The summed E-state index contributed by atoms with van der Waals surface area (Å²) in [6.45, 7) is 18.3. The van der Waals surface area contributed by atoms with E-state index in [1.807, 2.05) is 56.0 Å². The lowest BCUT2D eigenvalue weighted by atomic mass is 9.97. The minimum absolute atomic E-state index is 0.126. The molecule has 1 saturated heterocycles. The Bertz CT molecular complexity index is 1030. The molecule has 3 rings (SSSR count). The van der Waals surface area contributed by atoms with E-state index in [4.69, 9.17) is 18.3 Å². The first-order chi connectivity index (χ1) is 18.3. The van der Waals surface area contributed by atoms with Crippen LogP contribution in [0, 0.1) is 0 Å². The standard InChI is InChI=1S/C30H45NO6Si2/c1-9-20-34-29-26(31-22(2)32)28(37-38(6,7)8)27(33)25(36-29)21-35-39(30(3,4)5,23-16-12-10-13-17-23)24-18-14-11-15-19-24/h9-19,25-29,33H,1,20-21H2,2-8H3,(H,31,32)/t25-,26-,27-,28-,29-/m1/s1. The summed E-state index contributed by atoms with van der Waals surface area (Å²) in [5.74, 6) is -0.255. The molecular formula is C30H45NO6Si2. The molecule has 5 atom stereocenters. The summed E-state index contributed by atoms with van der Waals surface area (Å²) in [7, 11) is -5.01. The highest BCUT2D eigenvalue weighted by Crippen LogP contribution is 2.37. The van der Waals surface area contributed by atoms with E-state index in [1.165, 1.54) is 6.92 Å². The molecule has 39 heavy (non-hydrogen) atoms. The molecule has 1 amide bonds. The molecule has 2 N–H and O–H groups in total. The summed E-state index contributed by atoms with van der Waals surface area (Å²) in [4.78, 5) is 12.1. The molecule has 0 radical (unpaired) electrons. The van der Waals surface area contributed by atoms with Gasteiger partial charge in [-0.2, -0.15) is 0 Å². The summed E-state index contributed by atoms with van der Waals surface area (Å²) in [5.41, 5.74) is 0. The maximum Gasteiger partial charge on any atom is 0.261 e. The van der Waals surface area contributed by atoms with Crippen LogP contribution in [0.25, 0.3) is 0 Å². The first-order valence-corrected chi connectivity index (χ1v) is 18.9. The van der Waals surface area contributed by atoms with Crippen LogP contribution in [0.4, 0.5) is 0 Å². The van der Waals surface area contributed by atoms with Gasteiger partial charge in [-0.3, -0.25) is 4.79 Å². The van der Waals surface area contributed by atoms with Gasteiger partial charge >= 0.3 is 0 Å². The molecule has 1 heterocycles. The second-order valence-electron chi connectivity index (χ2n) is 12.1. The fraction of sp³-hybridized carbons (Fsp3) is 0.500. The van der Waals surface area contributed by atoms with Crippen LogP contribution in [0.5, 0.6) is 0 Å². The normalized spacial score (nSPS) is 24.3. The number of carbonyl (C=O) groups excluding carboxylic acids is 1. The quantitative estimate of drug-likeness (QED) is 0.317. The summed E-state index contributed by atoms with van der Waals surface area (Å²) in [5, 5.41) is 16.6. The van der Waals surface area contributed by atoms with Gasteiger partial charge in [-0.05, 0) is 35.1 Å². The SMILES string of the molecule is C=CCO[C@@H]1O[C@H](CO[Si](c2ccccc2)(c2ccccc2)C(C)(C)C)[C@@H](O)[C@H](O[Si](C)(C)C)[C@H]1NC(C)=O. The molecule has 0 saturated carbocycles. The van der Waals surface area contributed by atoms with Gasteiger partial charge in [0.05, 0.1) is 19.3 Å². The summed E-state index contributed by atoms with van der Waals surface area (Å²) in [6.07, 6.45) is -1.73. The van der Waals surface area contributed by atoms with Crippen LogP contribution in [0.15, 0.2) is 73.3 Å². The predicted molar refractivity (Wildman–Crippen MR) is 160 cm³/mol. The zero-order valence-electron chi connectivity index (χ0n) is 24.3. The summed E-state index contributed by atoms with van der Waals surface area (Å²) in [6, 6.07) is 20.0. The Morgan fingerprint density at radius 2 is 1.59 bits per heavy atom. The van der Waals surface area contributed by atoms with E-state index in [2.05, 4.69) is 56.9 Å². The van der Waals surface area contributed by atoms with Gasteiger partial charge in [-0.15, -0.1) is 6.58 Å². The average Bonchev–Trinajstić information content (AvgIpc) is 2.86. The maximum atomic E-state index is 12.1. The Kier molecular flexibility index (Phi) is 10.5. The Balaban J connectivity index is 2.03. The van der Waals surface area contributed by atoms with E-state index >= 15 is 0 Å². The van der Waals surface area contributed by atoms with Crippen LogP contribution in [-0.2, 0) is 23.1 Å². The smallest absolute Gasteiger partial charge is 0.261 e. The molecule has 2 aromatic carbocycles. The summed E-state index contributed by atoms with van der Waals surface area (Å²) >= 11 is 0. The number of ether oxygens (including phenoxy) is 2. The molecule has 7 nitrogen and oxygen atoms in total. The number of aliphatic hydroxyl groups is 1. The first kappa shape index (κ1) is 31.4. The Morgan fingerprint density at radius 3 is 2.03 bits per heavy atom. The van der Waals surface area contributed by atoms with Crippen molar-refractivity contribution >= 4 is 32.9 Å². The van der Waals surface area contributed by atoms with Crippen LogP contribution in [0.1, 0.15) is 27.7 Å². The molecule has 2 aromatic rings. The molecule has 1 aliphatic rings. The number of hydrogen-bond donors (Lipinski definition) is 2. The first-order valence-electron chi connectivity index (χ1n) is 13.6. The van der Waals surface area contributed by atoms with Crippen LogP contribution in [0.3, 0.4) is 0 Å². The van der Waals surface area contributed by atoms with E-state index in [9.17, 15) is 9.90 Å². The third-order valence-electron chi connectivity index (χ3n) is 6.79. The third kappa shape index (κ3) is 7.55. The van der Waals surface area contributed by atoms with Gasteiger partial charge in [-0.25, -0.2) is 0 Å². The minimum Gasteiger partial charge on any atom is -0.410 e. The number of carbonyl (C=O) groups is 1. The average molecular weight is 572 g/mol. The van der Waals surface area contributed by atoms with E-state index < -0.39 is 47.3 Å². The van der Waals surface area contributed by atoms with Crippen molar-refractivity contribution in [2.75, 3.05) is 13.2 Å². The van der Waals surface area contributed by atoms with E-state index in [0.29, 0.717) is 0 Å². The maximum absolute atomic E-state index is 12.1. The highest BCUT2D eigenvalue weighted by atomic mass is 28.4. The van der Waals surface area contributed by atoms with Crippen molar-refractivity contribution < 1.29 is 28.2 Å². The van der Waals surface area contributed by atoms with E-state index in [1.54, 1.807) is 6.08 Å². The molecule has 0 aliphatic carbocycles.